The summed E-state index contributed by atoms with van der Waals surface area (Å²) in [7, 11) is 0. The zero-order valence-electron chi connectivity index (χ0n) is 14.8. The quantitative estimate of drug-likeness (QED) is 0.663. The monoisotopic (exact) mass is 386 g/mol. The van der Waals surface area contributed by atoms with Crippen molar-refractivity contribution < 1.29 is 22.7 Å². The number of carbonyl (C=O) groups is 1. The molecule has 0 radical (unpaired) electrons. The Labute approximate surface area is 159 Å². The summed E-state index contributed by atoms with van der Waals surface area (Å²) in [6.07, 6.45) is -2.26. The van der Waals surface area contributed by atoms with Crippen LogP contribution in [0.15, 0.2) is 60.8 Å². The molecule has 1 aromatic heterocycles. The first-order valence-electron chi connectivity index (χ1n) is 8.89. The molecule has 1 unspecified atom stereocenters. The van der Waals surface area contributed by atoms with Crippen LogP contribution < -0.4 is 4.74 Å². The minimum absolute atomic E-state index is 0.189. The van der Waals surface area contributed by atoms with Gasteiger partial charge < -0.3 is 9.64 Å². The van der Waals surface area contributed by atoms with Crippen LogP contribution in [0.25, 0.3) is 10.9 Å². The Morgan fingerprint density at radius 1 is 1.07 bits per heavy atom. The zero-order valence-corrected chi connectivity index (χ0v) is 14.8. The minimum Gasteiger partial charge on any atom is -0.486 e. The number of benzene rings is 2. The van der Waals surface area contributed by atoms with Crippen LogP contribution in [0.5, 0.6) is 5.75 Å². The molecule has 0 spiro atoms. The van der Waals surface area contributed by atoms with E-state index in [9.17, 15) is 18.0 Å². The molecule has 2 aromatic carbocycles. The molecule has 7 heteroatoms. The van der Waals surface area contributed by atoms with Crippen LogP contribution in [0.1, 0.15) is 22.3 Å². The summed E-state index contributed by atoms with van der Waals surface area (Å²) in [6, 6.07) is 13.8. The minimum atomic E-state index is -4.42. The smallest absolute Gasteiger partial charge is 0.416 e. The van der Waals surface area contributed by atoms with Crippen LogP contribution in [-0.2, 0) is 6.18 Å². The maximum atomic E-state index is 12.7. The second-order valence-electron chi connectivity index (χ2n) is 6.69. The maximum absolute atomic E-state index is 12.7. The van der Waals surface area contributed by atoms with Gasteiger partial charge in [0.1, 0.15) is 17.4 Å². The van der Waals surface area contributed by atoms with Gasteiger partial charge in [-0.3, -0.25) is 9.78 Å². The number of likely N-dealkylation sites (tertiary alicyclic amines) is 1. The Balaban J connectivity index is 1.44. The van der Waals surface area contributed by atoms with Gasteiger partial charge in [0, 0.05) is 30.1 Å². The van der Waals surface area contributed by atoms with Crippen molar-refractivity contribution in [3.05, 3.63) is 71.9 Å². The van der Waals surface area contributed by atoms with Crippen LogP contribution in [0.2, 0.25) is 0 Å². The highest BCUT2D eigenvalue weighted by atomic mass is 19.4. The fourth-order valence-corrected chi connectivity index (χ4v) is 3.34. The van der Waals surface area contributed by atoms with Crippen LogP contribution in [0.3, 0.4) is 0 Å². The molecule has 2 heterocycles. The molecule has 1 amide bonds. The number of aromatic nitrogens is 1. The molecule has 0 saturated carbocycles. The number of hydrogen-bond acceptors (Lipinski definition) is 3. The molecule has 0 bridgehead atoms. The van der Waals surface area contributed by atoms with Gasteiger partial charge in [0.05, 0.1) is 12.1 Å². The lowest BCUT2D eigenvalue weighted by Crippen LogP contribution is -2.31. The summed E-state index contributed by atoms with van der Waals surface area (Å²) < 4.78 is 44.1. The van der Waals surface area contributed by atoms with Gasteiger partial charge in [-0.1, -0.05) is 18.2 Å². The van der Waals surface area contributed by atoms with Crippen molar-refractivity contribution >= 4 is 16.8 Å². The number of hydrogen-bond donors (Lipinski definition) is 0. The number of carbonyl (C=O) groups excluding carboxylic acids is 1. The molecule has 0 aliphatic carbocycles. The molecule has 1 saturated heterocycles. The van der Waals surface area contributed by atoms with Crippen molar-refractivity contribution in [3.8, 4) is 5.75 Å². The van der Waals surface area contributed by atoms with Gasteiger partial charge in [0.2, 0.25) is 0 Å². The number of amides is 1. The lowest BCUT2D eigenvalue weighted by molar-refractivity contribution is -0.137. The Morgan fingerprint density at radius 2 is 1.82 bits per heavy atom. The Kier molecular flexibility index (Phi) is 4.66. The van der Waals surface area contributed by atoms with Gasteiger partial charge in [0.15, 0.2) is 0 Å². The highest BCUT2D eigenvalue weighted by molar-refractivity contribution is 5.94. The molecule has 1 fully saturated rings. The molecule has 3 aromatic rings. The van der Waals surface area contributed by atoms with E-state index in [1.807, 2.05) is 30.3 Å². The Bertz CT molecular complexity index is 997. The largest absolute Gasteiger partial charge is 0.486 e. The average Bonchev–Trinajstić information content (AvgIpc) is 3.16. The normalized spacial score (nSPS) is 17.1. The third-order valence-electron chi connectivity index (χ3n) is 4.78. The van der Waals surface area contributed by atoms with Crippen molar-refractivity contribution in [3.63, 3.8) is 0 Å². The molecular weight excluding hydrogens is 369 g/mol. The van der Waals surface area contributed by atoms with Crippen LogP contribution >= 0.6 is 0 Å². The van der Waals surface area contributed by atoms with Crippen molar-refractivity contribution in [2.75, 3.05) is 13.1 Å². The summed E-state index contributed by atoms with van der Waals surface area (Å²) in [6.45, 7) is 0.867. The highest BCUT2D eigenvalue weighted by Gasteiger charge is 2.32. The first-order chi connectivity index (χ1) is 13.4. The van der Waals surface area contributed by atoms with E-state index in [2.05, 4.69) is 4.98 Å². The summed E-state index contributed by atoms with van der Waals surface area (Å²) in [4.78, 5) is 18.6. The number of para-hydroxylation sites is 1. The molecule has 1 aliphatic heterocycles. The molecule has 4 rings (SSSR count). The van der Waals surface area contributed by atoms with E-state index < -0.39 is 11.7 Å². The van der Waals surface area contributed by atoms with Gasteiger partial charge in [0.25, 0.3) is 5.91 Å². The molecule has 28 heavy (non-hydrogen) atoms. The summed E-state index contributed by atoms with van der Waals surface area (Å²) in [5.41, 5.74) is 0.230. The number of alkyl halides is 3. The number of nitrogens with zero attached hydrogens (tertiary/aromatic N) is 2. The summed E-state index contributed by atoms with van der Waals surface area (Å²) in [5, 5.41) is 0.968. The number of rotatable bonds is 3. The maximum Gasteiger partial charge on any atom is 0.416 e. The van der Waals surface area contributed by atoms with Gasteiger partial charge in [-0.2, -0.15) is 13.2 Å². The number of pyridine rings is 1. The lowest BCUT2D eigenvalue weighted by atomic mass is 10.1. The van der Waals surface area contributed by atoms with E-state index >= 15 is 0 Å². The van der Waals surface area contributed by atoms with Crippen molar-refractivity contribution in [2.45, 2.75) is 18.7 Å². The van der Waals surface area contributed by atoms with E-state index in [1.165, 1.54) is 12.1 Å². The van der Waals surface area contributed by atoms with Crippen LogP contribution in [0.4, 0.5) is 13.2 Å². The van der Waals surface area contributed by atoms with Gasteiger partial charge in [-0.15, -0.1) is 0 Å². The first kappa shape index (κ1) is 18.3. The SMILES string of the molecule is O=C(c1ccc(C(F)(F)F)cc1)N1CCC(Oc2cccc3cccnc23)C1. The van der Waals surface area contributed by atoms with Crippen molar-refractivity contribution in [1.82, 2.24) is 9.88 Å². The van der Waals surface area contributed by atoms with Crippen molar-refractivity contribution in [2.24, 2.45) is 0 Å². The molecule has 144 valence electrons. The second kappa shape index (κ2) is 7.14. The van der Waals surface area contributed by atoms with Crippen molar-refractivity contribution in [1.29, 1.82) is 0 Å². The molecule has 1 aliphatic rings. The fourth-order valence-electron chi connectivity index (χ4n) is 3.34. The van der Waals surface area contributed by atoms with Gasteiger partial charge >= 0.3 is 6.18 Å². The Morgan fingerprint density at radius 3 is 2.57 bits per heavy atom. The third kappa shape index (κ3) is 3.65. The standard InChI is InChI=1S/C21H17F3N2O2/c22-21(23,24)16-8-6-15(7-9-16)20(27)26-12-10-17(13-26)28-18-5-1-3-14-4-2-11-25-19(14)18/h1-9,11,17H,10,12-13H2. The highest BCUT2D eigenvalue weighted by Crippen LogP contribution is 2.30. The topological polar surface area (TPSA) is 42.4 Å². The average molecular weight is 386 g/mol. The second-order valence-corrected chi connectivity index (χ2v) is 6.69. The van der Waals surface area contributed by atoms with Crippen LogP contribution in [-0.4, -0.2) is 35.0 Å². The van der Waals surface area contributed by atoms with Gasteiger partial charge in [-0.25, -0.2) is 0 Å². The summed E-state index contributed by atoms with van der Waals surface area (Å²) in [5.74, 6) is 0.364. The predicted octanol–water partition coefficient (Wildman–Crippen LogP) is 4.55. The fraction of sp³-hybridized carbons (Fsp3) is 0.238. The van der Waals surface area contributed by atoms with Crippen LogP contribution in [0, 0.1) is 0 Å². The van der Waals surface area contributed by atoms with E-state index in [4.69, 9.17) is 4.74 Å². The van der Waals surface area contributed by atoms with Gasteiger partial charge in [-0.05, 0) is 36.4 Å². The predicted molar refractivity (Wildman–Crippen MR) is 98.1 cm³/mol. The van der Waals surface area contributed by atoms with E-state index in [1.54, 1.807) is 11.1 Å². The van der Waals surface area contributed by atoms with E-state index in [0.29, 0.717) is 25.3 Å². The lowest BCUT2D eigenvalue weighted by Gasteiger charge is -2.18. The summed E-state index contributed by atoms with van der Waals surface area (Å²) >= 11 is 0. The number of fused-ring (bicyclic) bond motifs is 1. The van der Waals surface area contributed by atoms with E-state index in [-0.39, 0.29) is 17.6 Å². The Hall–Kier alpha value is -3.09. The molecule has 0 N–H and O–H groups in total. The third-order valence-corrected chi connectivity index (χ3v) is 4.78. The zero-order chi connectivity index (χ0) is 19.7. The van der Waals surface area contributed by atoms with E-state index in [0.717, 1.165) is 23.0 Å². The first-order valence-corrected chi connectivity index (χ1v) is 8.89. The number of halogens is 3. The molecular formula is C21H17F3N2O2. The molecule has 4 nitrogen and oxygen atoms in total. The number of ether oxygens (including phenoxy) is 1. The molecule has 1 atom stereocenters.